The quantitative estimate of drug-likeness (QED) is 0.435. The van der Waals surface area contributed by atoms with E-state index in [1.165, 1.54) is 0 Å². The lowest BCUT2D eigenvalue weighted by Crippen LogP contribution is -2.30. The molecule has 1 saturated heterocycles. The van der Waals surface area contributed by atoms with Crippen molar-refractivity contribution in [1.82, 2.24) is 14.9 Å². The molecule has 0 amide bonds. The molecule has 1 aliphatic heterocycles. The highest BCUT2D eigenvalue weighted by atomic mass is 32.1. The Morgan fingerprint density at radius 1 is 0.969 bits per heavy atom. The van der Waals surface area contributed by atoms with Crippen LogP contribution in [0.2, 0.25) is 0 Å². The third-order valence-corrected chi connectivity index (χ3v) is 5.97. The number of hydrogen-bond acceptors (Lipinski definition) is 4. The maximum atomic E-state index is 9.74. The Labute approximate surface area is 191 Å². The Bertz CT molecular complexity index is 1240. The minimum atomic E-state index is -0.183. The average Bonchev–Trinajstić information content (AvgIpc) is 3.44. The topological polar surface area (TPSA) is 62.5 Å². The van der Waals surface area contributed by atoms with Gasteiger partial charge in [0.25, 0.3) is 0 Å². The number of hydrogen-bond donors (Lipinski definition) is 2. The molecule has 0 unspecified atom stereocenters. The number of phenolic OH excluding ortho intramolecular Hbond substituents is 1. The maximum Gasteiger partial charge on any atom is 0.174 e. The van der Waals surface area contributed by atoms with E-state index in [9.17, 15) is 5.11 Å². The lowest BCUT2D eigenvalue weighted by atomic mass is 10.0. The fourth-order valence-electron chi connectivity index (χ4n) is 4.23. The maximum absolute atomic E-state index is 9.74. The van der Waals surface area contributed by atoms with Gasteiger partial charge < -0.3 is 24.6 Å². The number of aromatic hydroxyl groups is 1. The van der Waals surface area contributed by atoms with Crippen LogP contribution in [0.5, 0.6) is 11.5 Å². The van der Waals surface area contributed by atoms with Crippen LogP contribution in [0.3, 0.4) is 0 Å². The van der Waals surface area contributed by atoms with E-state index in [-0.39, 0.29) is 17.8 Å². The molecule has 0 radical (unpaired) electrons. The van der Waals surface area contributed by atoms with Gasteiger partial charge in [-0.2, -0.15) is 0 Å². The smallest absolute Gasteiger partial charge is 0.174 e. The van der Waals surface area contributed by atoms with Crippen LogP contribution in [0.1, 0.15) is 23.5 Å². The SMILES string of the molecule is COc1ccccc1N1C(=S)N[C@@H](c2ccccn2)[C@H]1c1cccn1-c1ccc(O)cc1. The van der Waals surface area contributed by atoms with Crippen LogP contribution in [0, 0.1) is 0 Å². The van der Waals surface area contributed by atoms with Gasteiger partial charge in [-0.3, -0.25) is 4.98 Å². The summed E-state index contributed by atoms with van der Waals surface area (Å²) in [6.45, 7) is 0. The summed E-state index contributed by atoms with van der Waals surface area (Å²) in [5.41, 5.74) is 3.76. The Morgan fingerprint density at radius 2 is 1.75 bits per heavy atom. The number of aromatic nitrogens is 2. The van der Waals surface area contributed by atoms with Crippen LogP contribution in [-0.2, 0) is 0 Å². The first-order valence-electron chi connectivity index (χ1n) is 10.3. The van der Waals surface area contributed by atoms with Crippen molar-refractivity contribution < 1.29 is 9.84 Å². The number of phenols is 1. The summed E-state index contributed by atoms with van der Waals surface area (Å²) in [6.07, 6.45) is 3.81. The number of nitrogens with zero attached hydrogens (tertiary/aromatic N) is 3. The van der Waals surface area contributed by atoms with Crippen molar-refractivity contribution >= 4 is 23.0 Å². The van der Waals surface area contributed by atoms with Crippen molar-refractivity contribution in [2.24, 2.45) is 0 Å². The molecule has 4 aromatic rings. The van der Waals surface area contributed by atoms with Gasteiger partial charge in [0, 0.05) is 23.8 Å². The highest BCUT2D eigenvalue weighted by Crippen LogP contribution is 2.44. The summed E-state index contributed by atoms with van der Waals surface area (Å²) in [4.78, 5) is 6.71. The number of rotatable bonds is 5. The first-order chi connectivity index (χ1) is 15.7. The minimum absolute atomic E-state index is 0.167. The van der Waals surface area contributed by atoms with Gasteiger partial charge in [-0.1, -0.05) is 18.2 Å². The molecule has 0 aliphatic carbocycles. The highest BCUT2D eigenvalue weighted by molar-refractivity contribution is 7.80. The van der Waals surface area contributed by atoms with Crippen LogP contribution in [-0.4, -0.2) is 26.9 Å². The highest BCUT2D eigenvalue weighted by Gasteiger charge is 2.43. The molecule has 0 saturated carbocycles. The second kappa shape index (κ2) is 8.36. The molecule has 1 fully saturated rings. The van der Waals surface area contributed by atoms with Gasteiger partial charge in [0.05, 0.1) is 24.5 Å². The number of anilines is 1. The van der Waals surface area contributed by atoms with Crippen molar-refractivity contribution in [1.29, 1.82) is 0 Å². The molecule has 160 valence electrons. The number of para-hydroxylation sites is 2. The number of ether oxygens (including phenoxy) is 1. The summed E-state index contributed by atoms with van der Waals surface area (Å²) < 4.78 is 7.77. The molecule has 2 N–H and O–H groups in total. The average molecular weight is 443 g/mol. The summed E-state index contributed by atoms with van der Waals surface area (Å²) >= 11 is 5.82. The fourth-order valence-corrected chi connectivity index (χ4v) is 4.57. The van der Waals surface area contributed by atoms with E-state index in [4.69, 9.17) is 17.0 Å². The van der Waals surface area contributed by atoms with E-state index in [1.54, 1.807) is 25.4 Å². The second-order valence-corrected chi connectivity index (χ2v) is 7.87. The fraction of sp³-hybridized carbons (Fsp3) is 0.120. The van der Waals surface area contributed by atoms with Gasteiger partial charge >= 0.3 is 0 Å². The standard InChI is InChI=1S/C25H22N4O2S/c1-31-22-10-3-2-8-20(22)29-24(23(27-25(29)32)19-7-4-5-15-26-19)21-9-6-16-28(21)17-11-13-18(30)14-12-17/h2-16,23-24,30H,1H3,(H,27,32)/t23-,24+/m0/s1. The minimum Gasteiger partial charge on any atom is -0.508 e. The van der Waals surface area contributed by atoms with E-state index < -0.39 is 0 Å². The molecule has 32 heavy (non-hydrogen) atoms. The third-order valence-electron chi connectivity index (χ3n) is 5.65. The molecular formula is C25H22N4O2S. The van der Waals surface area contributed by atoms with Gasteiger partial charge in [0.1, 0.15) is 17.5 Å². The Balaban J connectivity index is 1.68. The van der Waals surface area contributed by atoms with Crippen molar-refractivity contribution in [2.45, 2.75) is 12.1 Å². The van der Waals surface area contributed by atoms with Gasteiger partial charge in [-0.05, 0) is 72.9 Å². The van der Waals surface area contributed by atoms with Crippen LogP contribution >= 0.6 is 12.2 Å². The molecule has 7 heteroatoms. The van der Waals surface area contributed by atoms with Crippen molar-refractivity contribution in [3.8, 4) is 17.2 Å². The molecular weight excluding hydrogens is 420 g/mol. The second-order valence-electron chi connectivity index (χ2n) is 7.49. The Hall–Kier alpha value is -3.84. The van der Waals surface area contributed by atoms with Gasteiger partial charge in [0.15, 0.2) is 5.11 Å². The van der Waals surface area contributed by atoms with E-state index in [0.717, 1.165) is 28.5 Å². The number of pyridine rings is 1. The third kappa shape index (κ3) is 3.46. The Morgan fingerprint density at radius 3 is 2.50 bits per heavy atom. The largest absolute Gasteiger partial charge is 0.508 e. The molecule has 2 atom stereocenters. The first kappa shape index (κ1) is 20.1. The summed E-state index contributed by atoms with van der Waals surface area (Å²) in [5, 5.41) is 13.8. The zero-order chi connectivity index (χ0) is 22.1. The lowest BCUT2D eigenvalue weighted by Gasteiger charge is -2.30. The van der Waals surface area contributed by atoms with Crippen LogP contribution < -0.4 is 15.0 Å². The van der Waals surface area contributed by atoms with Crippen molar-refractivity contribution in [3.05, 3.63) is 103 Å². The predicted octanol–water partition coefficient (Wildman–Crippen LogP) is 4.76. The predicted molar refractivity (Wildman–Crippen MR) is 128 cm³/mol. The van der Waals surface area contributed by atoms with Crippen molar-refractivity contribution in [2.75, 3.05) is 12.0 Å². The molecule has 0 spiro atoms. The zero-order valence-corrected chi connectivity index (χ0v) is 18.2. The summed E-state index contributed by atoms with van der Waals surface area (Å²) in [5.74, 6) is 0.972. The Kier molecular flexibility index (Phi) is 5.25. The van der Waals surface area contributed by atoms with Gasteiger partial charge in [-0.25, -0.2) is 0 Å². The summed E-state index contributed by atoms with van der Waals surface area (Å²) in [6, 6.07) is 24.7. The molecule has 6 nitrogen and oxygen atoms in total. The number of methoxy groups -OCH3 is 1. The van der Waals surface area contributed by atoms with E-state index in [1.807, 2.05) is 66.9 Å². The molecule has 2 aromatic carbocycles. The first-order valence-corrected chi connectivity index (χ1v) is 10.7. The molecule has 5 rings (SSSR count). The van der Waals surface area contributed by atoms with E-state index in [2.05, 4.69) is 25.8 Å². The van der Waals surface area contributed by atoms with E-state index in [0.29, 0.717) is 5.11 Å². The normalized spacial score (nSPS) is 17.9. The lowest BCUT2D eigenvalue weighted by molar-refractivity contribution is 0.414. The van der Waals surface area contributed by atoms with Gasteiger partial charge in [-0.15, -0.1) is 0 Å². The number of nitrogens with one attached hydrogen (secondary N) is 1. The summed E-state index contributed by atoms with van der Waals surface area (Å²) in [7, 11) is 1.66. The molecule has 2 aromatic heterocycles. The van der Waals surface area contributed by atoms with Crippen molar-refractivity contribution in [3.63, 3.8) is 0 Å². The zero-order valence-electron chi connectivity index (χ0n) is 17.4. The van der Waals surface area contributed by atoms with E-state index >= 15 is 0 Å². The monoisotopic (exact) mass is 442 g/mol. The molecule has 1 aliphatic rings. The van der Waals surface area contributed by atoms with Gasteiger partial charge in [0.2, 0.25) is 0 Å². The van der Waals surface area contributed by atoms with Crippen LogP contribution in [0.4, 0.5) is 5.69 Å². The number of thiocarbonyl (C=S) groups is 1. The van der Waals surface area contributed by atoms with Crippen LogP contribution in [0.15, 0.2) is 91.3 Å². The van der Waals surface area contributed by atoms with Crippen LogP contribution in [0.25, 0.3) is 5.69 Å². The molecule has 0 bridgehead atoms. The molecule has 3 heterocycles. The number of benzene rings is 2.